The number of hydrogen-bond donors (Lipinski definition) is 2. The lowest BCUT2D eigenvalue weighted by Gasteiger charge is -2.22. The predicted octanol–water partition coefficient (Wildman–Crippen LogP) is 1.14. The molecule has 0 spiro atoms. The molecule has 2 rings (SSSR count). The Labute approximate surface area is 128 Å². The van der Waals surface area contributed by atoms with Crippen LogP contribution in [0.4, 0.5) is 0 Å². The van der Waals surface area contributed by atoms with Gasteiger partial charge in [-0.25, -0.2) is 0 Å². The molecule has 0 aliphatic heterocycles. The van der Waals surface area contributed by atoms with Crippen molar-refractivity contribution in [2.24, 2.45) is 0 Å². The Bertz CT molecular complexity index is 489. The van der Waals surface area contributed by atoms with Gasteiger partial charge in [-0.1, -0.05) is 15.9 Å². The minimum absolute atomic E-state index is 0.0701. The number of likely N-dealkylation sites (N-methyl/N-ethyl adjacent to an activating group) is 1. The molecule has 5 heteroatoms. The van der Waals surface area contributed by atoms with Gasteiger partial charge in [0.15, 0.2) is 6.04 Å². The van der Waals surface area contributed by atoms with E-state index in [4.69, 9.17) is 4.74 Å². The first-order valence-corrected chi connectivity index (χ1v) is 7.75. The lowest BCUT2D eigenvalue weighted by atomic mass is 10.1. The summed E-state index contributed by atoms with van der Waals surface area (Å²) in [5.41, 5.74) is 1.10. The van der Waals surface area contributed by atoms with Crippen LogP contribution in [0.5, 0.6) is 5.75 Å². The number of rotatable bonds is 6. The molecule has 1 saturated carbocycles. The summed E-state index contributed by atoms with van der Waals surface area (Å²) in [7, 11) is 3.71. The fraction of sp³-hybridized carbons (Fsp3) is 0.533. The number of nitrogens with one attached hydrogen (secondary N) is 2. The molecule has 0 heterocycles. The number of ether oxygens (including phenoxy) is 1. The Balaban J connectivity index is 2.00. The summed E-state index contributed by atoms with van der Waals surface area (Å²) in [6.45, 7) is 2.72. The third-order valence-electron chi connectivity index (χ3n) is 3.77. The average Bonchev–Trinajstić information content (AvgIpc) is 3.22. The largest absolute Gasteiger partial charge is 0.496 e. The van der Waals surface area contributed by atoms with Crippen molar-refractivity contribution < 1.29 is 14.4 Å². The molecule has 1 aromatic rings. The Kier molecular flexibility index (Phi) is 5.05. The minimum atomic E-state index is -0.0701. The lowest BCUT2D eigenvalue weighted by Crippen LogP contribution is -3.12. The summed E-state index contributed by atoms with van der Waals surface area (Å²) in [4.78, 5) is 13.2. The van der Waals surface area contributed by atoms with Crippen LogP contribution >= 0.6 is 15.9 Å². The van der Waals surface area contributed by atoms with Crippen LogP contribution < -0.4 is 15.0 Å². The molecule has 1 unspecified atom stereocenters. The van der Waals surface area contributed by atoms with E-state index in [1.165, 1.54) is 0 Å². The van der Waals surface area contributed by atoms with Gasteiger partial charge in [0.1, 0.15) is 12.3 Å². The average molecular weight is 342 g/mol. The molecule has 0 saturated heterocycles. The van der Waals surface area contributed by atoms with E-state index in [9.17, 15) is 4.79 Å². The smallest absolute Gasteiger partial charge is 0.278 e. The van der Waals surface area contributed by atoms with Gasteiger partial charge in [-0.15, -0.1) is 0 Å². The molecular weight excluding hydrogens is 320 g/mol. The van der Waals surface area contributed by atoms with Gasteiger partial charge in [0, 0.05) is 16.1 Å². The van der Waals surface area contributed by atoms with Crippen molar-refractivity contribution in [3.63, 3.8) is 0 Å². The molecule has 1 amide bonds. The molecule has 0 bridgehead atoms. The molecule has 20 heavy (non-hydrogen) atoms. The lowest BCUT2D eigenvalue weighted by molar-refractivity contribution is -0.908. The molecule has 4 nitrogen and oxygen atoms in total. The maximum absolute atomic E-state index is 12.1. The Morgan fingerprint density at radius 2 is 2.25 bits per heavy atom. The van der Waals surface area contributed by atoms with Gasteiger partial charge in [-0.05, 0) is 38.0 Å². The monoisotopic (exact) mass is 341 g/mol. The van der Waals surface area contributed by atoms with Gasteiger partial charge in [-0.2, -0.15) is 0 Å². The van der Waals surface area contributed by atoms with Crippen LogP contribution in [0, 0.1) is 0 Å². The van der Waals surface area contributed by atoms with E-state index in [-0.39, 0.29) is 11.9 Å². The minimum Gasteiger partial charge on any atom is -0.496 e. The number of amides is 1. The highest BCUT2D eigenvalue weighted by molar-refractivity contribution is 9.10. The van der Waals surface area contributed by atoms with Crippen LogP contribution in [-0.4, -0.2) is 32.1 Å². The second-order valence-electron chi connectivity index (χ2n) is 5.48. The molecule has 1 aliphatic carbocycles. The van der Waals surface area contributed by atoms with E-state index in [1.54, 1.807) is 7.11 Å². The summed E-state index contributed by atoms with van der Waals surface area (Å²) in [5.74, 6) is 1.00. The second-order valence-corrected chi connectivity index (χ2v) is 6.40. The first-order valence-electron chi connectivity index (χ1n) is 6.96. The number of halogens is 1. The zero-order valence-corrected chi connectivity index (χ0v) is 13.8. The van der Waals surface area contributed by atoms with Gasteiger partial charge in [0.25, 0.3) is 5.91 Å². The van der Waals surface area contributed by atoms with Gasteiger partial charge in [-0.3, -0.25) is 4.79 Å². The molecule has 0 radical (unpaired) electrons. The maximum atomic E-state index is 12.1. The van der Waals surface area contributed by atoms with Gasteiger partial charge in [0.2, 0.25) is 0 Å². The first-order chi connectivity index (χ1) is 9.51. The van der Waals surface area contributed by atoms with Crippen LogP contribution in [0.3, 0.4) is 0 Å². The summed E-state index contributed by atoms with van der Waals surface area (Å²) >= 11 is 3.48. The SMILES string of the molecule is COc1ccc(Br)cc1C[NH+](C)[C@@H](C)C(=O)NC1CC1. The standard InChI is InChI=1S/C15H21BrN2O2/c1-10(15(19)17-13-5-6-13)18(2)9-11-8-12(16)4-7-14(11)20-3/h4,7-8,10,13H,5-6,9H2,1-3H3,(H,17,19)/p+1/t10-/m0/s1. The molecule has 1 fully saturated rings. The Morgan fingerprint density at radius 3 is 2.85 bits per heavy atom. The molecule has 2 N–H and O–H groups in total. The topological polar surface area (TPSA) is 42.8 Å². The first kappa shape index (κ1) is 15.3. The zero-order chi connectivity index (χ0) is 14.7. The molecule has 1 aromatic carbocycles. The van der Waals surface area contributed by atoms with Gasteiger partial charge < -0.3 is 15.0 Å². The molecule has 1 aliphatic rings. The quantitative estimate of drug-likeness (QED) is 0.814. The number of carbonyl (C=O) groups is 1. The third-order valence-corrected chi connectivity index (χ3v) is 4.26. The van der Waals surface area contributed by atoms with Gasteiger partial charge >= 0.3 is 0 Å². The van der Waals surface area contributed by atoms with Crippen molar-refractivity contribution in [2.75, 3.05) is 14.2 Å². The van der Waals surface area contributed by atoms with E-state index in [1.807, 2.05) is 32.2 Å². The van der Waals surface area contributed by atoms with Crippen molar-refractivity contribution in [3.05, 3.63) is 28.2 Å². The van der Waals surface area contributed by atoms with E-state index >= 15 is 0 Å². The zero-order valence-electron chi connectivity index (χ0n) is 12.2. The highest BCUT2D eigenvalue weighted by Crippen LogP contribution is 2.22. The molecule has 2 atom stereocenters. The van der Waals surface area contributed by atoms with Crippen LogP contribution in [-0.2, 0) is 11.3 Å². The van der Waals surface area contributed by atoms with Gasteiger partial charge in [0.05, 0.1) is 14.2 Å². The van der Waals surface area contributed by atoms with Crippen molar-refractivity contribution in [2.45, 2.75) is 38.4 Å². The van der Waals surface area contributed by atoms with Crippen molar-refractivity contribution >= 4 is 21.8 Å². The number of benzene rings is 1. The van der Waals surface area contributed by atoms with E-state index < -0.39 is 0 Å². The third kappa shape index (κ3) is 3.96. The second kappa shape index (κ2) is 6.59. The molecule has 0 aromatic heterocycles. The summed E-state index contributed by atoms with van der Waals surface area (Å²) in [5, 5.41) is 3.06. The van der Waals surface area contributed by atoms with E-state index in [0.717, 1.165) is 40.1 Å². The van der Waals surface area contributed by atoms with Crippen LogP contribution in [0.2, 0.25) is 0 Å². The van der Waals surface area contributed by atoms with Crippen LogP contribution in [0.25, 0.3) is 0 Å². The van der Waals surface area contributed by atoms with Crippen molar-refractivity contribution in [1.82, 2.24) is 5.32 Å². The highest BCUT2D eigenvalue weighted by atomic mass is 79.9. The Morgan fingerprint density at radius 1 is 1.55 bits per heavy atom. The summed E-state index contributed by atoms with van der Waals surface area (Å²) < 4.78 is 6.41. The van der Waals surface area contributed by atoms with Crippen LogP contribution in [0.15, 0.2) is 22.7 Å². The number of quaternary nitrogens is 1. The van der Waals surface area contributed by atoms with E-state index in [2.05, 4.69) is 21.2 Å². The summed E-state index contributed by atoms with van der Waals surface area (Å²) in [6, 6.07) is 6.30. The fourth-order valence-electron chi connectivity index (χ4n) is 2.12. The van der Waals surface area contributed by atoms with Crippen LogP contribution in [0.1, 0.15) is 25.3 Å². The molecule has 110 valence electrons. The number of methoxy groups -OCH3 is 1. The normalized spacial score (nSPS) is 17.4. The molecular formula is C15H22BrN2O2+. The number of hydrogen-bond acceptors (Lipinski definition) is 2. The maximum Gasteiger partial charge on any atom is 0.278 e. The predicted molar refractivity (Wildman–Crippen MR) is 81.9 cm³/mol. The van der Waals surface area contributed by atoms with Crippen molar-refractivity contribution in [1.29, 1.82) is 0 Å². The van der Waals surface area contributed by atoms with E-state index in [0.29, 0.717) is 6.04 Å². The highest BCUT2D eigenvalue weighted by Gasteiger charge is 2.29. The number of carbonyl (C=O) groups excluding carboxylic acids is 1. The summed E-state index contributed by atoms with van der Waals surface area (Å²) in [6.07, 6.45) is 2.24. The fourth-order valence-corrected chi connectivity index (χ4v) is 2.52. The Hall–Kier alpha value is -1.07. The van der Waals surface area contributed by atoms with Crippen molar-refractivity contribution in [3.8, 4) is 5.75 Å².